The van der Waals surface area contributed by atoms with Gasteiger partial charge in [-0.2, -0.15) is 0 Å². The van der Waals surface area contributed by atoms with Crippen molar-refractivity contribution >= 4 is 18.3 Å². The van der Waals surface area contributed by atoms with Crippen LogP contribution in [0.4, 0.5) is 0 Å². The summed E-state index contributed by atoms with van der Waals surface area (Å²) in [6.45, 7) is 1.69. The molecule has 0 aromatic rings. The lowest BCUT2D eigenvalue weighted by Crippen LogP contribution is -2.29. The van der Waals surface area contributed by atoms with E-state index in [4.69, 9.17) is 16.0 Å². The number of amides is 1. The first kappa shape index (κ1) is 16.4. The molecular weight excluding hydrogens is 222 g/mol. The van der Waals surface area contributed by atoms with Gasteiger partial charge < -0.3 is 15.8 Å². The van der Waals surface area contributed by atoms with Crippen LogP contribution in [0.25, 0.3) is 10.4 Å². The maximum atomic E-state index is 11.0. The molecule has 1 amide bonds. The van der Waals surface area contributed by atoms with Crippen molar-refractivity contribution in [1.29, 1.82) is 0 Å². The van der Waals surface area contributed by atoms with Crippen molar-refractivity contribution in [2.24, 2.45) is 10.8 Å². The first-order chi connectivity index (χ1) is 6.81. The van der Waals surface area contributed by atoms with Gasteiger partial charge in [0, 0.05) is 24.5 Å². The van der Waals surface area contributed by atoms with Gasteiger partial charge in [0.2, 0.25) is 5.91 Å². The first-order valence-electron chi connectivity index (χ1n) is 4.36. The number of nitrogens with zero attached hydrogens (tertiary/aromatic N) is 3. The smallest absolute Gasteiger partial charge is 0.245 e. The molecule has 0 rings (SSSR count). The topological polar surface area (TPSA) is 113 Å². The van der Waals surface area contributed by atoms with Crippen LogP contribution in [0.5, 0.6) is 0 Å². The number of rotatable bonds is 8. The van der Waals surface area contributed by atoms with Crippen LogP contribution in [0.15, 0.2) is 5.11 Å². The van der Waals surface area contributed by atoms with E-state index in [0.29, 0.717) is 32.7 Å². The van der Waals surface area contributed by atoms with E-state index < -0.39 is 0 Å². The summed E-state index contributed by atoms with van der Waals surface area (Å²) in [5.41, 5.74) is 13.1. The van der Waals surface area contributed by atoms with Crippen LogP contribution in [0, 0.1) is 0 Å². The third kappa shape index (κ3) is 13.0. The average molecular weight is 238 g/mol. The zero-order chi connectivity index (χ0) is 10.6. The van der Waals surface area contributed by atoms with Crippen LogP contribution >= 0.6 is 12.4 Å². The lowest BCUT2D eigenvalue weighted by Gasteiger charge is -2.03. The third-order valence-corrected chi connectivity index (χ3v) is 1.32. The van der Waals surface area contributed by atoms with Gasteiger partial charge in [-0.25, -0.2) is 0 Å². The maximum Gasteiger partial charge on any atom is 0.245 e. The Hall–Kier alpha value is -1.01. The molecule has 0 heterocycles. The fourth-order valence-electron chi connectivity index (χ4n) is 0.722. The van der Waals surface area contributed by atoms with Crippen molar-refractivity contribution in [2.75, 3.05) is 32.8 Å². The lowest BCUT2D eigenvalue weighted by atomic mass is 10.4. The molecule has 0 aliphatic rings. The van der Waals surface area contributed by atoms with Gasteiger partial charge in [0.25, 0.3) is 0 Å². The molecule has 0 spiro atoms. The summed E-state index contributed by atoms with van der Waals surface area (Å²) in [6.07, 6.45) is 0.632. The van der Waals surface area contributed by atoms with E-state index >= 15 is 0 Å². The van der Waals surface area contributed by atoms with Gasteiger partial charge in [-0.1, -0.05) is 5.11 Å². The zero-order valence-corrected chi connectivity index (χ0v) is 9.20. The number of carbonyl (C=O) groups excluding carboxylic acids is 1. The zero-order valence-electron chi connectivity index (χ0n) is 8.39. The summed E-state index contributed by atoms with van der Waals surface area (Å²) in [5.74, 6) is -0.181. The van der Waals surface area contributed by atoms with Gasteiger partial charge in [-0.3, -0.25) is 4.79 Å². The Bertz CT molecular complexity index is 208. The number of nitrogens with one attached hydrogen (secondary N) is 1. The molecule has 88 valence electrons. The predicted octanol–water partition coefficient (Wildman–Crippen LogP) is 0.200. The van der Waals surface area contributed by atoms with Crippen molar-refractivity contribution < 1.29 is 9.53 Å². The molecule has 0 atom stereocenters. The van der Waals surface area contributed by atoms with E-state index in [0.717, 1.165) is 0 Å². The molecule has 0 unspecified atom stereocenters. The summed E-state index contributed by atoms with van der Waals surface area (Å²) < 4.78 is 4.90. The van der Waals surface area contributed by atoms with Crippen molar-refractivity contribution in [3.8, 4) is 0 Å². The third-order valence-electron chi connectivity index (χ3n) is 1.32. The highest BCUT2D eigenvalue weighted by molar-refractivity contribution is 5.85. The molecule has 0 aliphatic heterocycles. The molecule has 0 aliphatic carbocycles. The minimum absolute atomic E-state index is 0. The molecule has 0 bridgehead atoms. The Balaban J connectivity index is 0. The van der Waals surface area contributed by atoms with Crippen molar-refractivity contribution in [2.45, 2.75) is 6.42 Å². The Labute approximate surface area is 94.4 Å². The number of carbonyl (C=O) groups is 1. The SMILES string of the molecule is Cl.[N-]=[N+]=NCCCNC(=O)COCCN. The minimum atomic E-state index is -0.181. The monoisotopic (exact) mass is 237 g/mol. The Morgan fingerprint density at radius 1 is 1.60 bits per heavy atom. The molecule has 15 heavy (non-hydrogen) atoms. The van der Waals surface area contributed by atoms with Crippen LogP contribution in [0.2, 0.25) is 0 Å². The van der Waals surface area contributed by atoms with Crippen molar-refractivity contribution in [1.82, 2.24) is 5.32 Å². The second kappa shape index (κ2) is 13.0. The molecule has 0 aromatic heterocycles. The molecular formula is C7H16ClN5O2. The Morgan fingerprint density at radius 2 is 2.33 bits per heavy atom. The summed E-state index contributed by atoms with van der Waals surface area (Å²) >= 11 is 0. The summed E-state index contributed by atoms with van der Waals surface area (Å²) in [7, 11) is 0. The van der Waals surface area contributed by atoms with E-state index in [-0.39, 0.29) is 24.9 Å². The second-order valence-electron chi connectivity index (χ2n) is 2.50. The number of hydrogen-bond acceptors (Lipinski definition) is 4. The molecule has 0 saturated carbocycles. The van der Waals surface area contributed by atoms with E-state index in [2.05, 4.69) is 15.3 Å². The number of ether oxygens (including phenoxy) is 1. The van der Waals surface area contributed by atoms with Gasteiger partial charge >= 0.3 is 0 Å². The van der Waals surface area contributed by atoms with Crippen molar-refractivity contribution in [3.63, 3.8) is 0 Å². The van der Waals surface area contributed by atoms with Gasteiger partial charge in [-0.05, 0) is 12.0 Å². The molecule has 0 radical (unpaired) electrons. The second-order valence-corrected chi connectivity index (χ2v) is 2.50. The highest BCUT2D eigenvalue weighted by atomic mass is 35.5. The highest BCUT2D eigenvalue weighted by Gasteiger charge is 1.98. The number of nitrogens with two attached hydrogens (primary N) is 1. The standard InChI is InChI=1S/C7H15N5O2.ClH/c8-2-5-14-6-7(13)10-3-1-4-11-12-9;/h1-6,8H2,(H,10,13);1H. The first-order valence-corrected chi connectivity index (χ1v) is 4.36. The van der Waals surface area contributed by atoms with E-state index in [1.165, 1.54) is 0 Å². The molecule has 8 heteroatoms. The van der Waals surface area contributed by atoms with Gasteiger partial charge in [0.15, 0.2) is 0 Å². The summed E-state index contributed by atoms with van der Waals surface area (Å²) in [5, 5.41) is 5.94. The van der Waals surface area contributed by atoms with Crippen molar-refractivity contribution in [3.05, 3.63) is 10.4 Å². The molecule has 0 fully saturated rings. The average Bonchev–Trinajstić information content (AvgIpc) is 2.18. The predicted molar refractivity (Wildman–Crippen MR) is 58.8 cm³/mol. The number of halogens is 1. The molecule has 3 N–H and O–H groups in total. The highest BCUT2D eigenvalue weighted by Crippen LogP contribution is 1.80. The van der Waals surface area contributed by atoms with Crippen LogP contribution in [0.3, 0.4) is 0 Å². The minimum Gasteiger partial charge on any atom is -0.370 e. The molecule has 7 nitrogen and oxygen atoms in total. The van der Waals surface area contributed by atoms with E-state index in [1.54, 1.807) is 0 Å². The quantitative estimate of drug-likeness (QED) is 0.272. The summed E-state index contributed by atoms with van der Waals surface area (Å²) in [6, 6.07) is 0. The number of azide groups is 1. The van der Waals surface area contributed by atoms with Gasteiger partial charge in [0.05, 0.1) is 6.61 Å². The lowest BCUT2D eigenvalue weighted by molar-refractivity contribution is -0.125. The largest absolute Gasteiger partial charge is 0.370 e. The van der Waals surface area contributed by atoms with Crippen LogP contribution < -0.4 is 11.1 Å². The van der Waals surface area contributed by atoms with Crippen LogP contribution in [-0.2, 0) is 9.53 Å². The maximum absolute atomic E-state index is 11.0. The van der Waals surface area contributed by atoms with Crippen LogP contribution in [0.1, 0.15) is 6.42 Å². The molecule has 0 saturated heterocycles. The van der Waals surface area contributed by atoms with Gasteiger partial charge in [-0.15, -0.1) is 12.4 Å². The summed E-state index contributed by atoms with van der Waals surface area (Å²) in [4.78, 5) is 13.6. The fourth-order valence-corrected chi connectivity index (χ4v) is 0.722. The Morgan fingerprint density at radius 3 is 2.93 bits per heavy atom. The van der Waals surface area contributed by atoms with E-state index in [9.17, 15) is 4.79 Å². The van der Waals surface area contributed by atoms with E-state index in [1.807, 2.05) is 0 Å². The number of hydrogen-bond donors (Lipinski definition) is 2. The molecule has 0 aromatic carbocycles. The Kier molecular flexibility index (Phi) is 14.2. The fraction of sp³-hybridized carbons (Fsp3) is 0.857. The van der Waals surface area contributed by atoms with Gasteiger partial charge in [0.1, 0.15) is 6.61 Å². The van der Waals surface area contributed by atoms with Crippen LogP contribution in [-0.4, -0.2) is 38.8 Å². The normalized spacial score (nSPS) is 8.60.